The number of hydrogen-bond acceptors (Lipinski definition) is 4. The number of rotatable bonds is 2. The van der Waals surface area contributed by atoms with Gasteiger partial charge in [-0.25, -0.2) is 0 Å². The zero-order chi connectivity index (χ0) is 20.1. The number of hydrogen-bond donors (Lipinski definition) is 1. The Morgan fingerprint density at radius 3 is 2.72 bits per heavy atom. The van der Waals surface area contributed by atoms with E-state index in [1.807, 2.05) is 29.1 Å². The van der Waals surface area contributed by atoms with Crippen LogP contribution in [0.4, 0.5) is 5.69 Å². The fourth-order valence-electron chi connectivity index (χ4n) is 4.97. The molecule has 2 saturated heterocycles. The van der Waals surface area contributed by atoms with Crippen molar-refractivity contribution in [2.24, 2.45) is 0 Å². The Balaban J connectivity index is 1.55. The molecule has 5 rings (SSSR count). The van der Waals surface area contributed by atoms with Gasteiger partial charge in [0.2, 0.25) is 11.8 Å². The summed E-state index contributed by atoms with van der Waals surface area (Å²) in [5.41, 5.74) is 2.59. The molecule has 0 bridgehead atoms. The van der Waals surface area contributed by atoms with E-state index in [9.17, 15) is 14.4 Å². The quantitative estimate of drug-likeness (QED) is 0.634. The Labute approximate surface area is 170 Å². The third-order valence-electron chi connectivity index (χ3n) is 6.44. The lowest BCUT2D eigenvalue weighted by Gasteiger charge is -2.30. The second-order valence-corrected chi connectivity index (χ2v) is 8.25. The maximum absolute atomic E-state index is 13.4. The van der Waals surface area contributed by atoms with Crippen LogP contribution in [0.15, 0.2) is 30.3 Å². The van der Waals surface area contributed by atoms with E-state index in [0.29, 0.717) is 17.9 Å². The summed E-state index contributed by atoms with van der Waals surface area (Å²) in [6.45, 7) is 1.73. The molecule has 6 nitrogen and oxygen atoms in total. The molecule has 0 aliphatic carbocycles. The monoisotopic (exact) mass is 387 g/mol. The average molecular weight is 387 g/mol. The Bertz CT molecular complexity index is 1040. The molecule has 0 saturated carbocycles. The summed E-state index contributed by atoms with van der Waals surface area (Å²) in [5.74, 6) is -0.461. The lowest BCUT2D eigenvalue weighted by Crippen LogP contribution is -2.53. The minimum Gasteiger partial charge on any atom is -0.353 e. The molecule has 7 heteroatoms. The largest absolute Gasteiger partial charge is 0.353 e. The van der Waals surface area contributed by atoms with Crippen LogP contribution in [0.2, 0.25) is 0 Å². The van der Waals surface area contributed by atoms with Crippen molar-refractivity contribution < 1.29 is 14.4 Å². The van der Waals surface area contributed by atoms with Crippen LogP contribution in [0.25, 0.3) is 10.8 Å². The van der Waals surface area contributed by atoms with Crippen molar-refractivity contribution in [1.82, 2.24) is 10.1 Å². The van der Waals surface area contributed by atoms with Crippen molar-refractivity contribution in [2.45, 2.75) is 44.1 Å². The zero-order valence-corrected chi connectivity index (χ0v) is 16.2. The van der Waals surface area contributed by atoms with Gasteiger partial charge in [0, 0.05) is 11.8 Å². The van der Waals surface area contributed by atoms with Crippen LogP contribution in [0.5, 0.6) is 0 Å². The van der Waals surface area contributed by atoms with Gasteiger partial charge in [-0.2, -0.15) is 0 Å². The normalized spacial score (nSPS) is 25.4. The number of carbonyl (C=O) groups is 3. The molecule has 0 aromatic heterocycles. The summed E-state index contributed by atoms with van der Waals surface area (Å²) in [6.07, 6.45) is 3.64. The standard InChI is InChI=1S/C22H22BN3O3/c23-25-9-2-4-13(8-10-25)15-11-14-3-1-5-17-20(14)16(12-15)22(29)26(17)18-6-7-19(27)24-21(18)28/h1,3,5,11-13,18H,2,4,6-10H2,(H,24,27,28). The first kappa shape index (κ1) is 18.4. The molecule has 3 aliphatic heterocycles. The van der Waals surface area contributed by atoms with Crippen LogP contribution >= 0.6 is 0 Å². The van der Waals surface area contributed by atoms with E-state index in [4.69, 9.17) is 7.98 Å². The van der Waals surface area contributed by atoms with Gasteiger partial charge in [0.05, 0.1) is 11.3 Å². The number of nitrogens with zero attached hydrogens (tertiary/aromatic N) is 2. The molecule has 29 heavy (non-hydrogen) atoms. The fraction of sp³-hybridized carbons (Fsp3) is 0.409. The molecule has 0 spiro atoms. The van der Waals surface area contributed by atoms with E-state index in [-0.39, 0.29) is 18.2 Å². The van der Waals surface area contributed by atoms with Gasteiger partial charge in [0.25, 0.3) is 5.91 Å². The summed E-state index contributed by atoms with van der Waals surface area (Å²) in [4.78, 5) is 40.8. The van der Waals surface area contributed by atoms with Gasteiger partial charge in [0.1, 0.15) is 6.04 Å². The van der Waals surface area contributed by atoms with Gasteiger partial charge in [-0.1, -0.05) is 18.2 Å². The molecule has 2 radical (unpaired) electrons. The predicted molar refractivity (Wildman–Crippen MR) is 111 cm³/mol. The Hall–Kier alpha value is -2.67. The van der Waals surface area contributed by atoms with E-state index in [2.05, 4.69) is 11.4 Å². The van der Waals surface area contributed by atoms with E-state index in [1.165, 1.54) is 5.56 Å². The van der Waals surface area contributed by atoms with Gasteiger partial charge in [-0.05, 0) is 67.8 Å². The maximum Gasteiger partial charge on any atom is 0.259 e. The first-order chi connectivity index (χ1) is 14.0. The molecule has 2 fully saturated rings. The summed E-state index contributed by atoms with van der Waals surface area (Å²) < 4.78 is 0. The highest BCUT2D eigenvalue weighted by molar-refractivity contribution is 6.27. The highest BCUT2D eigenvalue weighted by Gasteiger charge is 2.41. The summed E-state index contributed by atoms with van der Waals surface area (Å²) in [7, 11) is 5.99. The summed E-state index contributed by atoms with van der Waals surface area (Å²) in [5, 5.41) is 4.29. The van der Waals surface area contributed by atoms with E-state index in [0.717, 1.165) is 48.8 Å². The third-order valence-corrected chi connectivity index (χ3v) is 6.44. The highest BCUT2D eigenvalue weighted by atomic mass is 16.2. The number of piperidine rings is 1. The van der Waals surface area contributed by atoms with Crippen molar-refractivity contribution in [3.8, 4) is 0 Å². The average Bonchev–Trinajstić information content (AvgIpc) is 2.85. The predicted octanol–water partition coefficient (Wildman–Crippen LogP) is 2.26. The molecule has 3 amide bonds. The Morgan fingerprint density at radius 1 is 1.03 bits per heavy atom. The maximum atomic E-state index is 13.4. The molecule has 1 N–H and O–H groups in total. The number of imide groups is 1. The molecule has 3 aliphatic rings. The van der Waals surface area contributed by atoms with Gasteiger partial charge in [-0.15, -0.1) is 0 Å². The van der Waals surface area contributed by atoms with Crippen molar-refractivity contribution >= 4 is 42.2 Å². The number of anilines is 1. The minimum atomic E-state index is -0.648. The van der Waals surface area contributed by atoms with Crippen LogP contribution in [-0.4, -0.2) is 49.6 Å². The first-order valence-corrected chi connectivity index (χ1v) is 10.3. The molecular weight excluding hydrogens is 365 g/mol. The lowest BCUT2D eigenvalue weighted by atomic mass is 9.89. The van der Waals surface area contributed by atoms with E-state index in [1.54, 1.807) is 4.90 Å². The SMILES string of the molecule is [B]N1CCCC(c2cc3c4c(cccc4c2)N(C2CCC(=O)NC2=O)C3=O)CC1. The van der Waals surface area contributed by atoms with Crippen molar-refractivity contribution in [3.63, 3.8) is 0 Å². The topological polar surface area (TPSA) is 69.7 Å². The highest BCUT2D eigenvalue weighted by Crippen LogP contribution is 2.42. The molecule has 3 heterocycles. The fourth-order valence-corrected chi connectivity index (χ4v) is 4.97. The second-order valence-electron chi connectivity index (χ2n) is 8.25. The number of benzene rings is 2. The number of nitrogens with one attached hydrogen (secondary N) is 1. The van der Waals surface area contributed by atoms with Crippen molar-refractivity contribution in [1.29, 1.82) is 0 Å². The number of carbonyl (C=O) groups excluding carboxylic acids is 3. The zero-order valence-electron chi connectivity index (χ0n) is 16.2. The van der Waals surface area contributed by atoms with Crippen LogP contribution in [0.3, 0.4) is 0 Å². The van der Waals surface area contributed by atoms with Crippen LogP contribution in [-0.2, 0) is 9.59 Å². The number of amides is 3. The molecule has 2 unspecified atom stereocenters. The van der Waals surface area contributed by atoms with Crippen LogP contribution in [0, 0.1) is 0 Å². The Kier molecular flexibility index (Phi) is 4.43. The minimum absolute atomic E-state index is 0.151. The molecule has 2 aromatic rings. The van der Waals surface area contributed by atoms with E-state index < -0.39 is 11.9 Å². The molecule has 146 valence electrons. The van der Waals surface area contributed by atoms with Crippen molar-refractivity contribution in [2.75, 3.05) is 18.0 Å². The molecular formula is C22H22BN3O3. The van der Waals surface area contributed by atoms with Crippen LogP contribution in [0.1, 0.15) is 53.9 Å². The second kappa shape index (κ2) is 6.99. The van der Waals surface area contributed by atoms with Gasteiger partial charge >= 0.3 is 0 Å². The lowest BCUT2D eigenvalue weighted by molar-refractivity contribution is -0.134. The van der Waals surface area contributed by atoms with Gasteiger partial charge < -0.3 is 4.81 Å². The molecule has 2 atom stereocenters. The molecule has 2 aromatic carbocycles. The first-order valence-electron chi connectivity index (χ1n) is 10.3. The summed E-state index contributed by atoms with van der Waals surface area (Å²) >= 11 is 0. The summed E-state index contributed by atoms with van der Waals surface area (Å²) in [6, 6.07) is 9.39. The smallest absolute Gasteiger partial charge is 0.259 e. The van der Waals surface area contributed by atoms with Crippen molar-refractivity contribution in [3.05, 3.63) is 41.5 Å². The van der Waals surface area contributed by atoms with Gasteiger partial charge in [-0.3, -0.25) is 24.6 Å². The van der Waals surface area contributed by atoms with Gasteiger partial charge in [0.15, 0.2) is 7.98 Å². The third kappa shape index (κ3) is 3.04. The van der Waals surface area contributed by atoms with E-state index >= 15 is 0 Å². The Morgan fingerprint density at radius 2 is 1.90 bits per heavy atom. The van der Waals surface area contributed by atoms with Crippen LogP contribution < -0.4 is 10.2 Å².